The molecule has 172 valence electrons. The summed E-state index contributed by atoms with van der Waals surface area (Å²) in [5, 5.41) is 0. The van der Waals surface area contributed by atoms with Gasteiger partial charge in [0.25, 0.3) is 5.56 Å². The number of aromatic nitrogens is 4. The minimum absolute atomic E-state index is 0.196. The van der Waals surface area contributed by atoms with Gasteiger partial charge in [-0.15, -0.1) is 0 Å². The normalized spacial score (nSPS) is 15.8. The van der Waals surface area contributed by atoms with Crippen LogP contribution in [-0.4, -0.2) is 52.7 Å². The van der Waals surface area contributed by atoms with Crippen LogP contribution in [0.15, 0.2) is 27.8 Å². The highest BCUT2D eigenvalue weighted by Gasteiger charge is 2.31. The van der Waals surface area contributed by atoms with Gasteiger partial charge >= 0.3 is 5.69 Å². The number of nitrogens with zero attached hydrogens (tertiary/aromatic N) is 5. The molecule has 0 saturated heterocycles. The summed E-state index contributed by atoms with van der Waals surface area (Å²) in [6.07, 6.45) is 0. The first kappa shape index (κ1) is 21.9. The van der Waals surface area contributed by atoms with E-state index >= 15 is 0 Å². The monoisotopic (exact) mass is 443 g/mol. The molecule has 32 heavy (non-hydrogen) atoms. The zero-order valence-electron chi connectivity index (χ0n) is 19.1. The Balaban J connectivity index is 1.92. The molecule has 1 aromatic carbocycles. The van der Waals surface area contributed by atoms with Crippen molar-refractivity contribution in [2.45, 2.75) is 26.9 Å². The first-order chi connectivity index (χ1) is 15.4. The number of benzene rings is 1. The fourth-order valence-corrected chi connectivity index (χ4v) is 4.21. The second-order valence-corrected chi connectivity index (χ2v) is 7.94. The molecular formula is C22H29N5O5. The van der Waals surface area contributed by atoms with E-state index in [1.807, 2.05) is 34.6 Å². The minimum atomic E-state index is -0.403. The average Bonchev–Trinajstić information content (AvgIpc) is 3.18. The van der Waals surface area contributed by atoms with Gasteiger partial charge in [-0.25, -0.2) is 4.79 Å². The third kappa shape index (κ3) is 3.54. The maximum Gasteiger partial charge on any atom is 0.332 e. The van der Waals surface area contributed by atoms with Crippen molar-refractivity contribution in [2.24, 2.45) is 13.0 Å². The highest BCUT2D eigenvalue weighted by Crippen LogP contribution is 2.39. The molecule has 0 radical (unpaired) electrons. The number of hydrogen-bond acceptors (Lipinski definition) is 7. The smallest absolute Gasteiger partial charge is 0.332 e. The number of anilines is 2. The molecule has 3 aromatic rings. The molecule has 1 atom stereocenters. The zero-order valence-corrected chi connectivity index (χ0v) is 19.1. The first-order valence-corrected chi connectivity index (χ1v) is 10.7. The highest BCUT2D eigenvalue weighted by atomic mass is 16.5. The Morgan fingerprint density at radius 3 is 2.62 bits per heavy atom. The molecule has 1 aliphatic heterocycles. The molecule has 0 bridgehead atoms. The second-order valence-electron chi connectivity index (χ2n) is 7.94. The van der Waals surface area contributed by atoms with Crippen molar-refractivity contribution in [1.82, 2.24) is 18.7 Å². The fraction of sp³-hybridized carbons (Fsp3) is 0.500. The molecule has 0 aliphatic carbocycles. The van der Waals surface area contributed by atoms with Gasteiger partial charge in [-0.05, 0) is 25.0 Å². The van der Waals surface area contributed by atoms with E-state index in [2.05, 4.69) is 6.92 Å². The Morgan fingerprint density at radius 2 is 1.94 bits per heavy atom. The standard InChI is InChI=1S/C22H29N5O5/c1-6-32-10-9-25-20(28)18-19(24(3)22(25)29)23-21-26(12-14(2)13-27(18)21)16-8-7-15(30-4)11-17(16)31-5/h7-8,11,14H,6,9-10,12-13H2,1-5H3. The topological polar surface area (TPSA) is 92.8 Å². The van der Waals surface area contributed by atoms with Crippen LogP contribution in [0.25, 0.3) is 11.2 Å². The first-order valence-electron chi connectivity index (χ1n) is 10.7. The van der Waals surface area contributed by atoms with Crippen LogP contribution in [-0.2, 0) is 24.9 Å². The third-order valence-corrected chi connectivity index (χ3v) is 5.78. The molecule has 1 unspecified atom stereocenters. The summed E-state index contributed by atoms with van der Waals surface area (Å²) in [5.41, 5.74) is 0.853. The molecule has 4 rings (SSSR count). The van der Waals surface area contributed by atoms with Crippen LogP contribution in [0, 0.1) is 5.92 Å². The minimum Gasteiger partial charge on any atom is -0.497 e. The van der Waals surface area contributed by atoms with Crippen LogP contribution in [0.5, 0.6) is 11.5 Å². The van der Waals surface area contributed by atoms with Crippen LogP contribution in [0.4, 0.5) is 11.6 Å². The van der Waals surface area contributed by atoms with Gasteiger partial charge in [-0.2, -0.15) is 4.98 Å². The molecule has 1 aliphatic rings. The summed E-state index contributed by atoms with van der Waals surface area (Å²) in [5.74, 6) is 2.17. The zero-order chi connectivity index (χ0) is 23.0. The van der Waals surface area contributed by atoms with Crippen molar-refractivity contribution in [2.75, 3.05) is 38.9 Å². The molecule has 10 heteroatoms. The van der Waals surface area contributed by atoms with Crippen LogP contribution >= 0.6 is 0 Å². The van der Waals surface area contributed by atoms with Gasteiger partial charge in [-0.1, -0.05) is 6.92 Å². The van der Waals surface area contributed by atoms with Crippen molar-refractivity contribution in [3.05, 3.63) is 39.0 Å². The van der Waals surface area contributed by atoms with Gasteiger partial charge in [0.1, 0.15) is 11.5 Å². The number of ether oxygens (including phenoxy) is 3. The summed E-state index contributed by atoms with van der Waals surface area (Å²) in [7, 11) is 4.85. The van der Waals surface area contributed by atoms with E-state index in [4.69, 9.17) is 19.2 Å². The predicted octanol–water partition coefficient (Wildman–Crippen LogP) is 1.74. The maximum atomic E-state index is 13.4. The molecule has 0 N–H and O–H groups in total. The van der Waals surface area contributed by atoms with Crippen LogP contribution < -0.4 is 25.6 Å². The van der Waals surface area contributed by atoms with Gasteiger partial charge in [0.2, 0.25) is 5.95 Å². The number of fused-ring (bicyclic) bond motifs is 3. The number of aryl methyl sites for hydroxylation is 1. The molecular weight excluding hydrogens is 414 g/mol. The van der Waals surface area contributed by atoms with Crippen molar-refractivity contribution in [1.29, 1.82) is 0 Å². The van der Waals surface area contributed by atoms with Crippen molar-refractivity contribution in [3.8, 4) is 11.5 Å². The fourth-order valence-electron chi connectivity index (χ4n) is 4.21. The Hall–Kier alpha value is -3.27. The molecule has 2 aromatic heterocycles. The Kier molecular flexibility index (Phi) is 5.96. The van der Waals surface area contributed by atoms with Crippen molar-refractivity contribution in [3.63, 3.8) is 0 Å². The lowest BCUT2D eigenvalue weighted by Gasteiger charge is -2.33. The summed E-state index contributed by atoms with van der Waals surface area (Å²) in [6.45, 7) is 6.33. The van der Waals surface area contributed by atoms with Gasteiger partial charge in [0.15, 0.2) is 11.2 Å². The number of methoxy groups -OCH3 is 2. The van der Waals surface area contributed by atoms with Gasteiger partial charge in [-0.3, -0.25) is 13.9 Å². The van der Waals surface area contributed by atoms with E-state index in [0.717, 1.165) is 5.69 Å². The lowest BCUT2D eigenvalue weighted by molar-refractivity contribution is 0.137. The SMILES string of the molecule is CCOCCn1c(=O)c2c(nc3n2CC(C)CN3c2ccc(OC)cc2OC)n(C)c1=O. The van der Waals surface area contributed by atoms with Crippen molar-refractivity contribution >= 4 is 22.8 Å². The molecule has 0 saturated carbocycles. The molecule has 0 fully saturated rings. The van der Waals surface area contributed by atoms with E-state index in [-0.39, 0.29) is 18.0 Å². The predicted molar refractivity (Wildman–Crippen MR) is 121 cm³/mol. The van der Waals surface area contributed by atoms with E-state index in [9.17, 15) is 9.59 Å². The number of imidazole rings is 1. The van der Waals surface area contributed by atoms with E-state index in [1.165, 1.54) is 9.13 Å². The molecule has 3 heterocycles. The quantitative estimate of drug-likeness (QED) is 0.514. The van der Waals surface area contributed by atoms with Crippen LogP contribution in [0.2, 0.25) is 0 Å². The molecule has 10 nitrogen and oxygen atoms in total. The van der Waals surface area contributed by atoms with E-state index in [0.29, 0.717) is 54.9 Å². The van der Waals surface area contributed by atoms with E-state index < -0.39 is 5.69 Å². The maximum absolute atomic E-state index is 13.4. The van der Waals surface area contributed by atoms with Crippen LogP contribution in [0.1, 0.15) is 13.8 Å². The molecule has 0 amide bonds. The Morgan fingerprint density at radius 1 is 1.16 bits per heavy atom. The summed E-state index contributed by atoms with van der Waals surface area (Å²) < 4.78 is 20.9. The summed E-state index contributed by atoms with van der Waals surface area (Å²) in [4.78, 5) is 33.0. The van der Waals surface area contributed by atoms with Gasteiger partial charge in [0, 0.05) is 32.8 Å². The lowest BCUT2D eigenvalue weighted by Crippen LogP contribution is -2.41. The van der Waals surface area contributed by atoms with Crippen LogP contribution in [0.3, 0.4) is 0 Å². The van der Waals surface area contributed by atoms with E-state index in [1.54, 1.807) is 21.3 Å². The largest absolute Gasteiger partial charge is 0.497 e. The second kappa shape index (κ2) is 8.70. The number of hydrogen-bond donors (Lipinski definition) is 0. The van der Waals surface area contributed by atoms with Gasteiger partial charge in [0.05, 0.1) is 33.1 Å². The number of rotatable bonds is 7. The average molecular weight is 444 g/mol. The Labute approximate surface area is 185 Å². The summed E-state index contributed by atoms with van der Waals surface area (Å²) >= 11 is 0. The lowest BCUT2D eigenvalue weighted by atomic mass is 10.1. The van der Waals surface area contributed by atoms with Crippen molar-refractivity contribution < 1.29 is 14.2 Å². The highest BCUT2D eigenvalue weighted by molar-refractivity contribution is 5.78. The Bertz CT molecular complexity index is 1260. The molecule has 0 spiro atoms. The van der Waals surface area contributed by atoms with Gasteiger partial charge < -0.3 is 23.7 Å². The summed E-state index contributed by atoms with van der Waals surface area (Å²) in [6, 6.07) is 5.59. The third-order valence-electron chi connectivity index (χ3n) is 5.78.